The second kappa shape index (κ2) is 8.61. The van der Waals surface area contributed by atoms with Crippen LogP contribution in [0, 0.1) is 0 Å². The summed E-state index contributed by atoms with van der Waals surface area (Å²) in [6, 6.07) is 4.67. The second-order valence-electron chi connectivity index (χ2n) is 10.1. The lowest BCUT2D eigenvalue weighted by atomic mass is 9.82. The molecule has 2 fully saturated rings. The normalized spacial score (nSPS) is 20.8. The molecule has 1 aromatic rings. The van der Waals surface area contributed by atoms with Gasteiger partial charge >= 0.3 is 0 Å². The maximum absolute atomic E-state index is 4.88. The standard InChI is InChI=1S/C25H33N9/c1-18(2)32-10-12-33(13-11-32)20-6-7-21(26-16-20)30-23-27-14-19-15-28-24-29-17-25(8-4-3-5-9-25)34(24)22(19)31-23/h6-7,14-16,18H,3-5,8-13,17H2,1-2H3,(H,28,29). The van der Waals surface area contributed by atoms with E-state index in [1.807, 2.05) is 24.7 Å². The van der Waals surface area contributed by atoms with Crippen LogP contribution in [0.15, 0.2) is 35.7 Å². The van der Waals surface area contributed by atoms with Crippen LogP contribution in [0.25, 0.3) is 11.4 Å². The van der Waals surface area contributed by atoms with Crippen molar-refractivity contribution in [2.24, 2.45) is 4.99 Å². The lowest BCUT2D eigenvalue weighted by molar-refractivity contribution is 0.209. The van der Waals surface area contributed by atoms with Crippen LogP contribution in [-0.2, 0) is 5.54 Å². The summed E-state index contributed by atoms with van der Waals surface area (Å²) in [4.78, 5) is 28.2. The van der Waals surface area contributed by atoms with Crippen molar-refractivity contribution in [3.05, 3.63) is 36.3 Å². The molecule has 9 heteroatoms. The summed E-state index contributed by atoms with van der Waals surface area (Å²) in [6.07, 6.45) is 11.7. The molecule has 0 radical (unpaired) electrons. The fourth-order valence-electron chi connectivity index (χ4n) is 5.72. The van der Waals surface area contributed by atoms with E-state index in [1.165, 1.54) is 19.3 Å². The number of nitrogens with one attached hydrogen (secondary N) is 1. The van der Waals surface area contributed by atoms with Gasteiger partial charge in [0.2, 0.25) is 5.95 Å². The number of anilines is 2. The maximum Gasteiger partial charge on any atom is 0.253 e. The van der Waals surface area contributed by atoms with Gasteiger partial charge in [-0.05, 0) is 38.8 Å². The minimum absolute atomic E-state index is 0.0607. The molecule has 1 N–H and O–H groups in total. The first-order chi connectivity index (χ1) is 16.6. The number of hydrogen-bond acceptors (Lipinski definition) is 8. The molecule has 5 aliphatic rings. The van der Waals surface area contributed by atoms with Crippen LogP contribution >= 0.6 is 0 Å². The minimum Gasteiger partial charge on any atom is -0.368 e. The van der Waals surface area contributed by atoms with E-state index in [0.29, 0.717) is 17.5 Å². The molecule has 1 saturated carbocycles. The van der Waals surface area contributed by atoms with Crippen LogP contribution in [-0.4, -0.2) is 68.2 Å². The molecule has 4 aliphatic heterocycles. The van der Waals surface area contributed by atoms with E-state index in [2.05, 4.69) is 59.5 Å². The van der Waals surface area contributed by atoms with Gasteiger partial charge in [-0.3, -0.25) is 9.47 Å². The van der Waals surface area contributed by atoms with Gasteiger partial charge in [0.15, 0.2) is 5.82 Å². The van der Waals surface area contributed by atoms with Gasteiger partial charge in [0, 0.05) is 51.2 Å². The largest absolute Gasteiger partial charge is 0.368 e. The third-order valence-corrected chi connectivity index (χ3v) is 7.72. The molecule has 34 heavy (non-hydrogen) atoms. The Balaban J connectivity index is 1.28. The summed E-state index contributed by atoms with van der Waals surface area (Å²) >= 11 is 0. The summed E-state index contributed by atoms with van der Waals surface area (Å²) < 4.78 is 2.32. The fraction of sp³-hybridized carbons (Fsp3) is 0.560. The predicted molar refractivity (Wildman–Crippen MR) is 132 cm³/mol. The SMILES string of the molecule is CC(C)N1CCN(c2ccc(N=c3ncc4cnc5n(c-4n3)C3(CCCCC3)CN5)nc2)CC1. The van der Waals surface area contributed by atoms with Gasteiger partial charge in [0.05, 0.1) is 23.0 Å². The van der Waals surface area contributed by atoms with Gasteiger partial charge in [0.25, 0.3) is 5.62 Å². The molecule has 9 nitrogen and oxygen atoms in total. The summed E-state index contributed by atoms with van der Waals surface area (Å²) in [7, 11) is 0. The summed E-state index contributed by atoms with van der Waals surface area (Å²) in [5.41, 5.74) is 2.59. The van der Waals surface area contributed by atoms with Crippen LogP contribution in [0.1, 0.15) is 46.0 Å². The monoisotopic (exact) mass is 459 g/mol. The molecule has 1 saturated heterocycles. The van der Waals surface area contributed by atoms with Crippen LogP contribution in [0.3, 0.4) is 0 Å². The second-order valence-corrected chi connectivity index (χ2v) is 10.1. The first kappa shape index (κ1) is 21.5. The molecule has 0 bridgehead atoms. The van der Waals surface area contributed by atoms with E-state index in [0.717, 1.165) is 68.6 Å². The Morgan fingerprint density at radius 1 is 0.941 bits per heavy atom. The molecule has 0 aromatic carbocycles. The van der Waals surface area contributed by atoms with Gasteiger partial charge in [-0.25, -0.2) is 15.0 Å². The number of piperazine rings is 1. The minimum atomic E-state index is 0.0607. The van der Waals surface area contributed by atoms with Crippen molar-refractivity contribution in [1.82, 2.24) is 29.4 Å². The molecule has 0 unspecified atom stereocenters. The Kier molecular flexibility index (Phi) is 5.44. The third-order valence-electron chi connectivity index (χ3n) is 7.72. The number of pyridine rings is 1. The zero-order valence-corrected chi connectivity index (χ0v) is 20.1. The molecule has 1 spiro atoms. The Labute approximate surface area is 200 Å². The van der Waals surface area contributed by atoms with Crippen molar-refractivity contribution < 1.29 is 0 Å². The Morgan fingerprint density at radius 3 is 2.47 bits per heavy atom. The van der Waals surface area contributed by atoms with E-state index < -0.39 is 0 Å². The Hall–Kier alpha value is -3.07. The van der Waals surface area contributed by atoms with Gasteiger partial charge in [-0.2, -0.15) is 9.98 Å². The van der Waals surface area contributed by atoms with Crippen LogP contribution in [0.4, 0.5) is 17.5 Å². The van der Waals surface area contributed by atoms with Crippen molar-refractivity contribution >= 4 is 17.5 Å². The van der Waals surface area contributed by atoms with Gasteiger partial charge in [-0.15, -0.1) is 0 Å². The smallest absolute Gasteiger partial charge is 0.253 e. The van der Waals surface area contributed by atoms with E-state index in [4.69, 9.17) is 4.98 Å². The zero-order chi connectivity index (χ0) is 23.1. The van der Waals surface area contributed by atoms with Crippen molar-refractivity contribution in [1.29, 1.82) is 0 Å². The quantitative estimate of drug-likeness (QED) is 0.644. The fourth-order valence-corrected chi connectivity index (χ4v) is 5.72. The predicted octanol–water partition coefficient (Wildman–Crippen LogP) is 3.02. The Morgan fingerprint density at radius 2 is 1.74 bits per heavy atom. The lowest BCUT2D eigenvalue weighted by Crippen LogP contribution is -2.48. The summed E-state index contributed by atoms with van der Waals surface area (Å²) in [6.45, 7) is 9.66. The maximum atomic E-state index is 4.88. The molecular weight excluding hydrogens is 426 g/mol. The number of hydrogen-bond donors (Lipinski definition) is 1. The van der Waals surface area contributed by atoms with Gasteiger partial charge in [0.1, 0.15) is 5.82 Å². The molecule has 0 atom stereocenters. The average Bonchev–Trinajstić information content (AvgIpc) is 3.23. The van der Waals surface area contributed by atoms with E-state index in [-0.39, 0.29) is 5.54 Å². The molecule has 1 aromatic heterocycles. The van der Waals surface area contributed by atoms with Crippen molar-refractivity contribution in [3.63, 3.8) is 0 Å². The molecular formula is C25H33N9. The van der Waals surface area contributed by atoms with E-state index >= 15 is 0 Å². The van der Waals surface area contributed by atoms with Crippen LogP contribution < -0.4 is 15.8 Å². The topological polar surface area (TPSA) is 87.4 Å². The number of rotatable bonds is 3. The molecule has 1 aliphatic carbocycles. The van der Waals surface area contributed by atoms with Crippen molar-refractivity contribution in [3.8, 4) is 11.4 Å². The first-order valence-electron chi connectivity index (χ1n) is 12.6. The molecule has 5 heterocycles. The van der Waals surface area contributed by atoms with Crippen LogP contribution in [0.2, 0.25) is 0 Å². The zero-order valence-electron chi connectivity index (χ0n) is 20.1. The first-order valence-corrected chi connectivity index (χ1v) is 12.6. The lowest BCUT2D eigenvalue weighted by Gasteiger charge is -2.37. The summed E-state index contributed by atoms with van der Waals surface area (Å²) in [5.74, 6) is 2.44. The van der Waals surface area contributed by atoms with Crippen molar-refractivity contribution in [2.75, 3.05) is 42.9 Å². The highest BCUT2D eigenvalue weighted by atomic mass is 15.3. The highest BCUT2D eigenvalue weighted by Gasteiger charge is 2.41. The highest BCUT2D eigenvalue weighted by molar-refractivity contribution is 5.59. The summed E-state index contributed by atoms with van der Waals surface area (Å²) in [5, 5.41) is 3.51. The number of fused-ring (bicyclic) bond motifs is 4. The van der Waals surface area contributed by atoms with Crippen LogP contribution in [0.5, 0.6) is 0 Å². The Bertz CT molecular complexity index is 1180. The molecule has 0 amide bonds. The average molecular weight is 460 g/mol. The highest BCUT2D eigenvalue weighted by Crippen LogP contribution is 2.43. The van der Waals surface area contributed by atoms with Gasteiger partial charge in [-0.1, -0.05) is 19.3 Å². The molecule has 6 rings (SSSR count). The van der Waals surface area contributed by atoms with Crippen molar-refractivity contribution in [2.45, 2.75) is 57.5 Å². The molecule has 178 valence electrons. The third kappa shape index (κ3) is 3.81. The number of nitrogens with zero attached hydrogens (tertiary/aromatic N) is 8. The van der Waals surface area contributed by atoms with Gasteiger partial charge < -0.3 is 10.2 Å². The van der Waals surface area contributed by atoms with E-state index in [9.17, 15) is 0 Å². The number of aromatic nitrogens is 5. The van der Waals surface area contributed by atoms with E-state index in [1.54, 1.807) is 0 Å².